The van der Waals surface area contributed by atoms with Crippen LogP contribution >= 0.6 is 47.8 Å². The number of benzene rings is 1. The van der Waals surface area contributed by atoms with Crippen LogP contribution in [0.3, 0.4) is 0 Å². The molecule has 1 saturated heterocycles. The number of hydrogen-bond donors (Lipinski definition) is 0. The lowest BCUT2D eigenvalue weighted by molar-refractivity contribution is 0.0645. The molecule has 6 heteroatoms. The molecule has 2 rings (SSSR count). The molecule has 19 heavy (non-hydrogen) atoms. The van der Waals surface area contributed by atoms with Crippen molar-refractivity contribution in [3.8, 4) is 0 Å². The van der Waals surface area contributed by atoms with Crippen LogP contribution in [-0.2, 0) is 0 Å². The molecule has 104 valence electrons. The molecule has 0 spiro atoms. The summed E-state index contributed by atoms with van der Waals surface area (Å²) in [5.74, 6) is 0.112. The fourth-order valence-corrected chi connectivity index (χ4v) is 3.95. The van der Waals surface area contributed by atoms with Crippen molar-refractivity contribution in [1.29, 1.82) is 0 Å². The Hall–Kier alpha value is 0.0900. The molecule has 0 radical (unpaired) electrons. The molecule has 1 heterocycles. The molecular formula is C13H15Br3N2O. The number of halogens is 3. The zero-order valence-electron chi connectivity index (χ0n) is 10.4. The lowest BCUT2D eigenvalue weighted by Crippen LogP contribution is -2.49. The van der Waals surface area contributed by atoms with E-state index >= 15 is 0 Å². The molecule has 0 aliphatic carbocycles. The highest BCUT2D eigenvalue weighted by molar-refractivity contribution is 9.11. The normalized spacial score (nSPS) is 16.7. The predicted octanol–water partition coefficient (Wildman–Crippen LogP) is 3.36. The summed E-state index contributed by atoms with van der Waals surface area (Å²) in [4.78, 5) is 16.7. The first-order chi connectivity index (χ1) is 9.10. The quantitative estimate of drug-likeness (QED) is 0.654. The van der Waals surface area contributed by atoms with E-state index in [1.165, 1.54) is 0 Å². The highest BCUT2D eigenvalue weighted by Crippen LogP contribution is 2.21. The highest BCUT2D eigenvalue weighted by atomic mass is 79.9. The highest BCUT2D eigenvalue weighted by Gasteiger charge is 2.22. The Bertz CT molecular complexity index is 439. The Kier molecular flexibility index (Phi) is 5.87. The van der Waals surface area contributed by atoms with Gasteiger partial charge in [0.2, 0.25) is 0 Å². The van der Waals surface area contributed by atoms with Gasteiger partial charge in [0.15, 0.2) is 0 Å². The fourth-order valence-electron chi connectivity index (χ4n) is 2.15. The summed E-state index contributed by atoms with van der Waals surface area (Å²) >= 11 is 10.3. The first kappa shape index (κ1) is 15.5. The molecular weight excluding hydrogens is 440 g/mol. The van der Waals surface area contributed by atoms with Gasteiger partial charge in [-0.15, -0.1) is 0 Å². The summed E-state index contributed by atoms with van der Waals surface area (Å²) in [6, 6.07) is 5.68. The average molecular weight is 455 g/mol. The number of rotatable bonds is 3. The van der Waals surface area contributed by atoms with Crippen molar-refractivity contribution in [3.05, 3.63) is 32.7 Å². The van der Waals surface area contributed by atoms with E-state index in [0.717, 1.165) is 52.6 Å². The molecule has 0 saturated carbocycles. The minimum atomic E-state index is 0.112. The van der Waals surface area contributed by atoms with Gasteiger partial charge in [-0.25, -0.2) is 0 Å². The monoisotopic (exact) mass is 452 g/mol. The van der Waals surface area contributed by atoms with E-state index in [-0.39, 0.29) is 5.91 Å². The van der Waals surface area contributed by atoms with Gasteiger partial charge < -0.3 is 4.90 Å². The number of alkyl halides is 1. The van der Waals surface area contributed by atoms with Crippen LogP contribution in [0.4, 0.5) is 0 Å². The summed E-state index contributed by atoms with van der Waals surface area (Å²) in [5.41, 5.74) is 0.732. The van der Waals surface area contributed by atoms with Crippen molar-refractivity contribution in [2.45, 2.75) is 0 Å². The van der Waals surface area contributed by atoms with Crippen LogP contribution in [0.5, 0.6) is 0 Å². The van der Waals surface area contributed by atoms with Crippen molar-refractivity contribution in [1.82, 2.24) is 9.80 Å². The number of hydrogen-bond acceptors (Lipinski definition) is 2. The van der Waals surface area contributed by atoms with Crippen LogP contribution in [0.15, 0.2) is 27.1 Å². The van der Waals surface area contributed by atoms with Gasteiger partial charge in [-0.05, 0) is 18.2 Å². The van der Waals surface area contributed by atoms with Crippen LogP contribution in [0.25, 0.3) is 0 Å². The summed E-state index contributed by atoms with van der Waals surface area (Å²) in [7, 11) is 0. The minimum absolute atomic E-state index is 0.112. The van der Waals surface area contributed by atoms with Crippen molar-refractivity contribution in [3.63, 3.8) is 0 Å². The van der Waals surface area contributed by atoms with Crippen LogP contribution in [-0.4, -0.2) is 53.8 Å². The lowest BCUT2D eigenvalue weighted by atomic mass is 10.2. The first-order valence-electron chi connectivity index (χ1n) is 6.14. The Balaban J connectivity index is 2.01. The summed E-state index contributed by atoms with van der Waals surface area (Å²) in [6.07, 6.45) is 0. The SMILES string of the molecule is O=C(c1cc(Br)cc(Br)c1)N1CCN(CCBr)CC1. The Morgan fingerprint density at radius 2 is 1.63 bits per heavy atom. The van der Waals surface area contributed by atoms with Crippen molar-refractivity contribution >= 4 is 53.7 Å². The van der Waals surface area contributed by atoms with Crippen LogP contribution < -0.4 is 0 Å². The van der Waals surface area contributed by atoms with Gasteiger partial charge in [0.25, 0.3) is 5.91 Å². The van der Waals surface area contributed by atoms with Gasteiger partial charge in [-0.1, -0.05) is 47.8 Å². The average Bonchev–Trinajstić information content (AvgIpc) is 2.38. The largest absolute Gasteiger partial charge is 0.336 e. The van der Waals surface area contributed by atoms with Crippen molar-refractivity contribution in [2.75, 3.05) is 38.1 Å². The molecule has 0 bridgehead atoms. The maximum absolute atomic E-state index is 12.4. The smallest absolute Gasteiger partial charge is 0.254 e. The van der Waals surface area contributed by atoms with E-state index in [9.17, 15) is 4.79 Å². The number of carbonyl (C=O) groups excluding carboxylic acids is 1. The van der Waals surface area contributed by atoms with Gasteiger partial charge in [0.05, 0.1) is 0 Å². The number of carbonyl (C=O) groups is 1. The van der Waals surface area contributed by atoms with Gasteiger partial charge in [-0.3, -0.25) is 9.69 Å². The van der Waals surface area contributed by atoms with E-state index in [2.05, 4.69) is 52.7 Å². The predicted molar refractivity (Wildman–Crippen MR) is 88.0 cm³/mol. The lowest BCUT2D eigenvalue weighted by Gasteiger charge is -2.34. The van der Waals surface area contributed by atoms with Gasteiger partial charge in [-0.2, -0.15) is 0 Å². The number of amides is 1. The van der Waals surface area contributed by atoms with Gasteiger partial charge >= 0.3 is 0 Å². The van der Waals surface area contributed by atoms with Gasteiger partial charge in [0, 0.05) is 52.6 Å². The molecule has 0 aromatic heterocycles. The van der Waals surface area contributed by atoms with E-state index in [4.69, 9.17) is 0 Å². The van der Waals surface area contributed by atoms with Crippen LogP contribution in [0.2, 0.25) is 0 Å². The summed E-state index contributed by atoms with van der Waals surface area (Å²) < 4.78 is 1.84. The third-order valence-corrected chi connectivity index (χ3v) is 4.44. The van der Waals surface area contributed by atoms with E-state index in [1.54, 1.807) is 0 Å². The molecule has 1 aromatic rings. The van der Waals surface area contributed by atoms with Crippen molar-refractivity contribution < 1.29 is 4.79 Å². The standard InChI is InChI=1S/C13H15Br3N2O/c14-1-2-17-3-5-18(6-4-17)13(19)10-7-11(15)9-12(16)8-10/h7-9H,1-6H2. The van der Waals surface area contributed by atoms with Crippen LogP contribution in [0, 0.1) is 0 Å². The fraction of sp³-hybridized carbons (Fsp3) is 0.462. The number of piperazine rings is 1. The van der Waals surface area contributed by atoms with E-state index in [1.807, 2.05) is 23.1 Å². The molecule has 3 nitrogen and oxygen atoms in total. The second kappa shape index (κ2) is 7.20. The molecule has 1 amide bonds. The molecule has 0 unspecified atom stereocenters. The zero-order valence-corrected chi connectivity index (χ0v) is 15.2. The minimum Gasteiger partial charge on any atom is -0.336 e. The molecule has 1 aromatic carbocycles. The van der Waals surface area contributed by atoms with Crippen LogP contribution in [0.1, 0.15) is 10.4 Å². The second-order valence-electron chi connectivity index (χ2n) is 4.48. The third-order valence-electron chi connectivity index (χ3n) is 3.17. The third kappa shape index (κ3) is 4.28. The molecule has 0 N–H and O–H groups in total. The summed E-state index contributed by atoms with van der Waals surface area (Å²) in [5, 5.41) is 0.986. The maximum Gasteiger partial charge on any atom is 0.254 e. The number of nitrogens with zero attached hydrogens (tertiary/aromatic N) is 2. The zero-order chi connectivity index (χ0) is 13.8. The van der Waals surface area contributed by atoms with Crippen molar-refractivity contribution in [2.24, 2.45) is 0 Å². The second-order valence-corrected chi connectivity index (χ2v) is 7.11. The maximum atomic E-state index is 12.4. The Labute approximate surface area is 138 Å². The Morgan fingerprint density at radius 3 is 2.16 bits per heavy atom. The first-order valence-corrected chi connectivity index (χ1v) is 8.84. The molecule has 1 aliphatic rings. The molecule has 1 aliphatic heterocycles. The van der Waals surface area contributed by atoms with E-state index in [0.29, 0.717) is 0 Å². The molecule has 1 fully saturated rings. The Morgan fingerprint density at radius 1 is 1.05 bits per heavy atom. The topological polar surface area (TPSA) is 23.6 Å². The van der Waals surface area contributed by atoms with E-state index < -0.39 is 0 Å². The molecule has 0 atom stereocenters. The summed E-state index contributed by atoms with van der Waals surface area (Å²) in [6.45, 7) is 4.55. The van der Waals surface area contributed by atoms with Gasteiger partial charge in [0.1, 0.15) is 0 Å².